The molecule has 0 aliphatic heterocycles. The van der Waals surface area contributed by atoms with Crippen molar-refractivity contribution in [2.45, 2.75) is 109 Å². The zero-order chi connectivity index (χ0) is 23.3. The quantitative estimate of drug-likeness (QED) is 0.387. The zero-order valence-electron chi connectivity index (χ0n) is 20.8. The van der Waals surface area contributed by atoms with Crippen molar-refractivity contribution < 1.29 is 23.8 Å². The first kappa shape index (κ1) is 23.5. The van der Waals surface area contributed by atoms with E-state index < -0.39 is 0 Å². The maximum Gasteiger partial charge on any atom is 0.302 e. The Hall–Kier alpha value is -1.20. The number of ketones is 1. The Morgan fingerprint density at radius 1 is 1.00 bits per heavy atom. The van der Waals surface area contributed by atoms with Crippen LogP contribution >= 0.6 is 0 Å². The van der Waals surface area contributed by atoms with Crippen LogP contribution in [0.2, 0.25) is 0 Å². The first-order valence-corrected chi connectivity index (χ1v) is 13.4. The molecule has 5 rings (SSSR count). The topological polar surface area (TPSA) is 61.8 Å². The van der Waals surface area contributed by atoms with Gasteiger partial charge in [-0.1, -0.05) is 18.9 Å². The fourth-order valence-corrected chi connectivity index (χ4v) is 8.73. The number of carbonyl (C=O) groups is 2. The maximum absolute atomic E-state index is 12.3. The van der Waals surface area contributed by atoms with Crippen molar-refractivity contribution in [2.75, 3.05) is 13.7 Å². The Balaban J connectivity index is 1.40. The summed E-state index contributed by atoms with van der Waals surface area (Å²) in [7, 11) is 1.83. The van der Waals surface area contributed by atoms with Crippen molar-refractivity contribution in [1.82, 2.24) is 0 Å². The molecule has 4 fully saturated rings. The van der Waals surface area contributed by atoms with E-state index in [0.29, 0.717) is 30.8 Å². The van der Waals surface area contributed by atoms with Gasteiger partial charge in [0.05, 0.1) is 6.10 Å². The van der Waals surface area contributed by atoms with Gasteiger partial charge < -0.3 is 14.2 Å². The highest BCUT2D eigenvalue weighted by Gasteiger charge is 2.61. The van der Waals surface area contributed by atoms with Crippen LogP contribution in [-0.2, 0) is 23.8 Å². The second kappa shape index (κ2) is 8.78. The summed E-state index contributed by atoms with van der Waals surface area (Å²) in [6.45, 7) is 4.42. The average molecular weight is 459 g/mol. The largest absolute Gasteiger partial charge is 0.465 e. The summed E-state index contributed by atoms with van der Waals surface area (Å²) in [5, 5.41) is 0. The average Bonchev–Trinajstić information content (AvgIpc) is 3.14. The van der Waals surface area contributed by atoms with Gasteiger partial charge in [0.2, 0.25) is 0 Å². The first-order chi connectivity index (χ1) is 15.8. The van der Waals surface area contributed by atoms with Crippen LogP contribution in [0.1, 0.15) is 97.3 Å². The molecule has 0 aromatic carbocycles. The number of esters is 1. The molecule has 0 aromatic rings. The molecule has 0 heterocycles. The van der Waals surface area contributed by atoms with E-state index in [2.05, 4.69) is 6.92 Å². The highest BCUT2D eigenvalue weighted by Crippen LogP contribution is 2.66. The van der Waals surface area contributed by atoms with Gasteiger partial charge in [-0.15, -0.1) is 0 Å². The molecular weight excluding hydrogens is 416 g/mol. The van der Waals surface area contributed by atoms with Crippen LogP contribution in [0.4, 0.5) is 0 Å². The molecular formula is C28H42O5. The Morgan fingerprint density at radius 2 is 1.79 bits per heavy atom. The van der Waals surface area contributed by atoms with Gasteiger partial charge in [0.15, 0.2) is 11.6 Å². The summed E-state index contributed by atoms with van der Waals surface area (Å²) in [6, 6.07) is 0. The zero-order valence-corrected chi connectivity index (χ0v) is 20.8. The highest BCUT2D eigenvalue weighted by atomic mass is 16.7. The summed E-state index contributed by atoms with van der Waals surface area (Å²) in [4.78, 5) is 24.0. The van der Waals surface area contributed by atoms with Crippen molar-refractivity contribution in [3.05, 3.63) is 11.6 Å². The van der Waals surface area contributed by atoms with E-state index in [1.807, 2.05) is 13.2 Å². The molecule has 0 aromatic heterocycles. The molecule has 0 saturated heterocycles. The van der Waals surface area contributed by atoms with Crippen molar-refractivity contribution in [3.63, 3.8) is 0 Å². The molecule has 5 aliphatic rings. The van der Waals surface area contributed by atoms with E-state index >= 15 is 0 Å². The third kappa shape index (κ3) is 3.91. The van der Waals surface area contributed by atoms with Crippen molar-refractivity contribution in [3.8, 4) is 0 Å². The molecule has 0 spiro atoms. The summed E-state index contributed by atoms with van der Waals surface area (Å²) in [6.07, 6.45) is 16.0. The summed E-state index contributed by atoms with van der Waals surface area (Å²) in [5.41, 5.74) is 1.30. The van der Waals surface area contributed by atoms with Crippen LogP contribution in [0.15, 0.2) is 11.6 Å². The number of fused-ring (bicyclic) bond motifs is 5. The normalized spacial score (nSPS) is 42.0. The fraction of sp³-hybridized carbons (Fsp3) is 0.857. The molecule has 0 radical (unpaired) electrons. The van der Waals surface area contributed by atoms with Crippen LogP contribution in [0, 0.1) is 28.6 Å². The van der Waals surface area contributed by atoms with E-state index in [1.165, 1.54) is 38.2 Å². The van der Waals surface area contributed by atoms with E-state index in [0.717, 1.165) is 51.4 Å². The minimum Gasteiger partial charge on any atom is -0.465 e. The first-order valence-electron chi connectivity index (χ1n) is 13.4. The molecule has 0 N–H and O–H groups in total. The number of carbonyl (C=O) groups excluding carboxylic acids is 2. The van der Waals surface area contributed by atoms with Crippen LogP contribution in [-0.4, -0.2) is 37.4 Å². The monoisotopic (exact) mass is 458 g/mol. The van der Waals surface area contributed by atoms with Crippen LogP contribution in [0.3, 0.4) is 0 Å². The van der Waals surface area contributed by atoms with Gasteiger partial charge in [-0.3, -0.25) is 9.59 Å². The lowest BCUT2D eigenvalue weighted by Crippen LogP contribution is -2.55. The van der Waals surface area contributed by atoms with Gasteiger partial charge in [-0.2, -0.15) is 0 Å². The van der Waals surface area contributed by atoms with Crippen LogP contribution in [0.25, 0.3) is 0 Å². The van der Waals surface area contributed by atoms with E-state index in [9.17, 15) is 9.59 Å². The van der Waals surface area contributed by atoms with Gasteiger partial charge in [-0.05, 0) is 87.0 Å². The molecule has 184 valence electrons. The predicted octanol–water partition coefficient (Wildman–Crippen LogP) is 5.75. The van der Waals surface area contributed by atoms with E-state index in [4.69, 9.17) is 14.2 Å². The van der Waals surface area contributed by atoms with Crippen LogP contribution < -0.4 is 0 Å². The predicted molar refractivity (Wildman–Crippen MR) is 125 cm³/mol. The van der Waals surface area contributed by atoms with Crippen molar-refractivity contribution in [1.29, 1.82) is 0 Å². The van der Waals surface area contributed by atoms with Crippen molar-refractivity contribution >= 4 is 11.8 Å². The van der Waals surface area contributed by atoms with E-state index in [1.54, 1.807) is 0 Å². The second-order valence-corrected chi connectivity index (χ2v) is 11.9. The highest BCUT2D eigenvalue weighted by molar-refractivity contribution is 5.91. The lowest BCUT2D eigenvalue weighted by Gasteiger charge is -2.58. The molecule has 6 atom stereocenters. The molecule has 4 saturated carbocycles. The lowest BCUT2D eigenvalue weighted by molar-refractivity contribution is -0.280. The SMILES string of the molecule is COC1(OC2CC[C@H]3[C@@H]4CCC5=CC(=O)CC[C@]5(COC(C)=O)[C@@H]4CC[C@]23C)CCCCC1. The minimum atomic E-state index is -0.388. The van der Waals surface area contributed by atoms with Crippen molar-refractivity contribution in [2.24, 2.45) is 28.6 Å². The number of methoxy groups -OCH3 is 1. The standard InChI is InChI=1S/C28H42O5/c1-19(29)32-18-27-16-11-21(30)17-20(27)7-8-22-23-9-10-25(26(23,2)15-12-24(22)27)33-28(31-3)13-5-4-6-14-28/h17,22-25H,4-16,18H2,1-3H3/t22-,23-,24+,25?,26-,27+/m0/s1. The van der Waals surface area contributed by atoms with E-state index in [-0.39, 0.29) is 34.5 Å². The molecule has 0 amide bonds. The number of hydrogen-bond acceptors (Lipinski definition) is 5. The smallest absolute Gasteiger partial charge is 0.302 e. The molecule has 1 unspecified atom stereocenters. The third-order valence-electron chi connectivity index (χ3n) is 10.5. The van der Waals surface area contributed by atoms with Gasteiger partial charge in [0.25, 0.3) is 0 Å². The molecule has 33 heavy (non-hydrogen) atoms. The number of hydrogen-bond donors (Lipinski definition) is 0. The van der Waals surface area contributed by atoms with Gasteiger partial charge in [-0.25, -0.2) is 0 Å². The number of rotatable bonds is 5. The fourth-order valence-electron chi connectivity index (χ4n) is 8.73. The summed E-state index contributed by atoms with van der Waals surface area (Å²) < 4.78 is 18.6. The summed E-state index contributed by atoms with van der Waals surface area (Å²) in [5.74, 6) is 1.38. The van der Waals surface area contributed by atoms with Crippen LogP contribution in [0.5, 0.6) is 0 Å². The molecule has 5 aliphatic carbocycles. The van der Waals surface area contributed by atoms with Gasteiger partial charge >= 0.3 is 5.97 Å². The Morgan fingerprint density at radius 3 is 2.52 bits per heavy atom. The Kier molecular flexibility index (Phi) is 6.27. The number of ether oxygens (including phenoxy) is 3. The Labute approximate surface area is 199 Å². The van der Waals surface area contributed by atoms with Gasteiger partial charge in [0.1, 0.15) is 6.61 Å². The van der Waals surface area contributed by atoms with Gasteiger partial charge in [0, 0.05) is 38.7 Å². The maximum atomic E-state index is 12.3. The lowest BCUT2D eigenvalue weighted by atomic mass is 9.47. The second-order valence-electron chi connectivity index (χ2n) is 11.9. The third-order valence-corrected chi connectivity index (χ3v) is 10.5. The molecule has 5 nitrogen and oxygen atoms in total. The Bertz CT molecular complexity index is 811. The molecule has 5 heteroatoms. The molecule has 0 bridgehead atoms. The minimum absolute atomic E-state index is 0.139. The summed E-state index contributed by atoms with van der Waals surface area (Å²) >= 11 is 0.